The summed E-state index contributed by atoms with van der Waals surface area (Å²) in [6, 6.07) is 0.470. The predicted molar refractivity (Wildman–Crippen MR) is 85.1 cm³/mol. The van der Waals surface area contributed by atoms with Gasteiger partial charge in [-0.15, -0.1) is 0 Å². The average molecular weight is 296 g/mol. The molecule has 122 valence electrons. The van der Waals surface area contributed by atoms with Crippen molar-refractivity contribution in [2.45, 2.75) is 89.9 Å². The Hall–Kier alpha value is -0.610. The summed E-state index contributed by atoms with van der Waals surface area (Å²) >= 11 is 0. The van der Waals surface area contributed by atoms with E-state index in [-0.39, 0.29) is 24.1 Å². The first-order valence-corrected chi connectivity index (χ1v) is 8.75. The summed E-state index contributed by atoms with van der Waals surface area (Å²) in [5.41, 5.74) is 0. The fourth-order valence-electron chi connectivity index (χ4n) is 4.06. The maximum absolute atomic E-state index is 12.3. The molecule has 4 atom stereocenters. The summed E-state index contributed by atoms with van der Waals surface area (Å²) in [6.07, 6.45) is 7.75. The van der Waals surface area contributed by atoms with E-state index in [2.05, 4.69) is 10.2 Å². The number of nitrogens with one attached hydrogen (secondary N) is 1. The molecule has 2 fully saturated rings. The van der Waals surface area contributed by atoms with Gasteiger partial charge in [0.25, 0.3) is 0 Å². The molecule has 0 aromatic rings. The number of aliphatic hydroxyl groups is 1. The molecular formula is C17H32N2O2. The van der Waals surface area contributed by atoms with Gasteiger partial charge in [0, 0.05) is 18.0 Å². The lowest BCUT2D eigenvalue weighted by Crippen LogP contribution is -2.56. The molecular weight excluding hydrogens is 264 g/mol. The molecule has 1 saturated carbocycles. The van der Waals surface area contributed by atoms with Crippen LogP contribution in [0.4, 0.5) is 0 Å². The number of likely N-dealkylation sites (tertiary alicyclic amines) is 1. The first-order valence-electron chi connectivity index (χ1n) is 8.75. The molecule has 0 bridgehead atoms. The van der Waals surface area contributed by atoms with E-state index in [1.54, 1.807) is 0 Å². The number of hydrogen-bond donors (Lipinski definition) is 2. The third-order valence-corrected chi connectivity index (χ3v) is 5.18. The molecule has 0 aromatic carbocycles. The molecule has 4 unspecified atom stereocenters. The van der Waals surface area contributed by atoms with Crippen LogP contribution in [0.5, 0.6) is 0 Å². The van der Waals surface area contributed by atoms with E-state index in [9.17, 15) is 9.90 Å². The van der Waals surface area contributed by atoms with E-state index in [1.165, 1.54) is 19.3 Å². The molecule has 21 heavy (non-hydrogen) atoms. The molecule has 0 aromatic heterocycles. The van der Waals surface area contributed by atoms with E-state index in [0.717, 1.165) is 32.2 Å². The normalized spacial score (nSPS) is 32.9. The van der Waals surface area contributed by atoms with Crippen molar-refractivity contribution in [3.8, 4) is 0 Å². The largest absolute Gasteiger partial charge is 0.393 e. The second-order valence-electron chi connectivity index (χ2n) is 7.16. The molecule has 1 saturated heterocycles. The Balaban J connectivity index is 2.05. The number of carbonyl (C=O) groups excluding carboxylic acids is 1. The summed E-state index contributed by atoms with van der Waals surface area (Å²) in [5.74, 6) is 0.482. The van der Waals surface area contributed by atoms with Crippen LogP contribution in [0.1, 0.15) is 65.7 Å². The maximum atomic E-state index is 12.3. The van der Waals surface area contributed by atoms with E-state index in [0.29, 0.717) is 12.0 Å². The Labute approximate surface area is 129 Å². The first kappa shape index (κ1) is 16.8. The van der Waals surface area contributed by atoms with Gasteiger partial charge >= 0.3 is 0 Å². The van der Waals surface area contributed by atoms with Crippen molar-refractivity contribution < 1.29 is 9.90 Å². The predicted octanol–water partition coefficient (Wildman–Crippen LogP) is 2.31. The highest BCUT2D eigenvalue weighted by atomic mass is 16.3. The standard InChI is InChI=1S/C17H32N2O2/c1-12(2)18-17(21)13(3)19-11-7-6-9-15(19)14-8-4-5-10-16(14)20/h12-16,20H,4-11H2,1-3H3,(H,18,21). The summed E-state index contributed by atoms with van der Waals surface area (Å²) in [7, 11) is 0. The van der Waals surface area contributed by atoms with Crippen molar-refractivity contribution in [1.82, 2.24) is 10.2 Å². The highest BCUT2D eigenvalue weighted by Gasteiger charge is 2.38. The van der Waals surface area contributed by atoms with Crippen LogP contribution in [-0.4, -0.2) is 46.7 Å². The van der Waals surface area contributed by atoms with Crippen LogP contribution in [0.2, 0.25) is 0 Å². The van der Waals surface area contributed by atoms with Gasteiger partial charge in [-0.2, -0.15) is 0 Å². The molecule has 1 aliphatic heterocycles. The topological polar surface area (TPSA) is 52.6 Å². The number of nitrogens with zero attached hydrogens (tertiary/aromatic N) is 1. The van der Waals surface area contributed by atoms with E-state index >= 15 is 0 Å². The lowest BCUT2D eigenvalue weighted by molar-refractivity contribution is -0.129. The number of amides is 1. The van der Waals surface area contributed by atoms with Crippen molar-refractivity contribution in [3.05, 3.63) is 0 Å². The lowest BCUT2D eigenvalue weighted by Gasteiger charge is -2.46. The van der Waals surface area contributed by atoms with Gasteiger partial charge in [0.05, 0.1) is 12.1 Å². The molecule has 4 heteroatoms. The molecule has 1 heterocycles. The van der Waals surface area contributed by atoms with Crippen molar-refractivity contribution in [2.75, 3.05) is 6.54 Å². The van der Waals surface area contributed by atoms with Crippen LogP contribution in [0.25, 0.3) is 0 Å². The second kappa shape index (κ2) is 7.59. The van der Waals surface area contributed by atoms with Crippen LogP contribution in [0, 0.1) is 5.92 Å². The highest BCUT2D eigenvalue weighted by Crippen LogP contribution is 2.34. The zero-order chi connectivity index (χ0) is 15.4. The molecule has 2 rings (SSSR count). The SMILES string of the molecule is CC(C)NC(=O)C(C)N1CCCCC1C1CCCCC1O. The molecule has 2 aliphatic rings. The van der Waals surface area contributed by atoms with Crippen molar-refractivity contribution in [3.63, 3.8) is 0 Å². The summed E-state index contributed by atoms with van der Waals surface area (Å²) in [5, 5.41) is 13.4. The number of piperidine rings is 1. The Bertz CT molecular complexity index is 346. The average Bonchev–Trinajstić information content (AvgIpc) is 2.46. The lowest BCUT2D eigenvalue weighted by atomic mass is 9.77. The zero-order valence-corrected chi connectivity index (χ0v) is 13.8. The van der Waals surface area contributed by atoms with Gasteiger partial charge in [-0.3, -0.25) is 9.69 Å². The summed E-state index contributed by atoms with van der Waals surface area (Å²) in [4.78, 5) is 14.7. The smallest absolute Gasteiger partial charge is 0.237 e. The van der Waals surface area contributed by atoms with Crippen LogP contribution in [0.3, 0.4) is 0 Å². The Morgan fingerprint density at radius 3 is 2.43 bits per heavy atom. The van der Waals surface area contributed by atoms with Gasteiger partial charge in [0.1, 0.15) is 0 Å². The molecule has 2 N–H and O–H groups in total. The quantitative estimate of drug-likeness (QED) is 0.837. The fourth-order valence-corrected chi connectivity index (χ4v) is 4.06. The minimum Gasteiger partial charge on any atom is -0.393 e. The van der Waals surface area contributed by atoms with Crippen molar-refractivity contribution >= 4 is 5.91 Å². The fraction of sp³-hybridized carbons (Fsp3) is 0.941. The number of rotatable bonds is 4. The van der Waals surface area contributed by atoms with Gasteiger partial charge in [0.15, 0.2) is 0 Å². The number of aliphatic hydroxyl groups excluding tert-OH is 1. The monoisotopic (exact) mass is 296 g/mol. The number of carbonyl (C=O) groups is 1. The Morgan fingerprint density at radius 1 is 1.10 bits per heavy atom. The van der Waals surface area contributed by atoms with E-state index < -0.39 is 0 Å². The van der Waals surface area contributed by atoms with Crippen LogP contribution in [0.15, 0.2) is 0 Å². The van der Waals surface area contributed by atoms with Gasteiger partial charge in [-0.05, 0) is 53.0 Å². The summed E-state index contributed by atoms with van der Waals surface area (Å²) < 4.78 is 0. The minimum atomic E-state index is -0.176. The zero-order valence-electron chi connectivity index (χ0n) is 13.8. The molecule has 1 aliphatic carbocycles. The second-order valence-corrected chi connectivity index (χ2v) is 7.16. The van der Waals surface area contributed by atoms with E-state index in [4.69, 9.17) is 0 Å². The highest BCUT2D eigenvalue weighted by molar-refractivity contribution is 5.81. The molecule has 0 spiro atoms. The molecule has 4 nitrogen and oxygen atoms in total. The minimum absolute atomic E-state index is 0.0909. The van der Waals surface area contributed by atoms with Crippen molar-refractivity contribution in [2.24, 2.45) is 5.92 Å². The summed E-state index contributed by atoms with van der Waals surface area (Å²) in [6.45, 7) is 7.01. The maximum Gasteiger partial charge on any atom is 0.237 e. The van der Waals surface area contributed by atoms with Crippen molar-refractivity contribution in [1.29, 1.82) is 0 Å². The van der Waals surface area contributed by atoms with Gasteiger partial charge in [0.2, 0.25) is 5.91 Å². The van der Waals surface area contributed by atoms with Gasteiger partial charge < -0.3 is 10.4 Å². The Morgan fingerprint density at radius 2 is 1.76 bits per heavy atom. The number of hydrogen-bond acceptors (Lipinski definition) is 3. The van der Waals surface area contributed by atoms with E-state index in [1.807, 2.05) is 20.8 Å². The first-order chi connectivity index (χ1) is 10.0. The third-order valence-electron chi connectivity index (χ3n) is 5.18. The molecule has 0 radical (unpaired) electrons. The van der Waals surface area contributed by atoms with Gasteiger partial charge in [-0.25, -0.2) is 0 Å². The van der Waals surface area contributed by atoms with Crippen LogP contribution >= 0.6 is 0 Å². The van der Waals surface area contributed by atoms with Crippen LogP contribution < -0.4 is 5.32 Å². The molecule has 1 amide bonds. The third kappa shape index (κ3) is 4.19. The Kier molecular flexibility index (Phi) is 6.06. The van der Waals surface area contributed by atoms with Gasteiger partial charge in [-0.1, -0.05) is 19.3 Å². The van der Waals surface area contributed by atoms with Crippen LogP contribution in [-0.2, 0) is 4.79 Å².